The molecule has 0 saturated carbocycles. The molecule has 0 aromatic heterocycles. The van der Waals surface area contributed by atoms with E-state index in [-0.39, 0.29) is 0 Å². The van der Waals surface area contributed by atoms with Crippen molar-refractivity contribution < 1.29 is 0 Å². The highest BCUT2D eigenvalue weighted by molar-refractivity contribution is 7.38. The van der Waals surface area contributed by atoms with Gasteiger partial charge in [-0.05, 0) is 12.1 Å². The highest BCUT2D eigenvalue weighted by Crippen LogP contribution is 2.17. The first-order valence-electron chi connectivity index (χ1n) is 3.29. The van der Waals surface area contributed by atoms with Crippen molar-refractivity contribution in [1.29, 1.82) is 0 Å². The molecule has 0 radical (unpaired) electrons. The molecule has 0 rings (SSSR count). The Labute approximate surface area is 78.1 Å². The Morgan fingerprint density at radius 1 is 1.30 bits per heavy atom. The third-order valence-corrected chi connectivity index (χ3v) is 7.05. The molecule has 0 aromatic carbocycles. The summed E-state index contributed by atoms with van der Waals surface area (Å²) in [6, 6.07) is 1.89. The van der Waals surface area contributed by atoms with Gasteiger partial charge >= 0.3 is 5.68 Å². The van der Waals surface area contributed by atoms with Crippen LogP contribution < -0.4 is 4.89 Å². The monoisotopic (exact) mass is 217 g/mol. The summed E-state index contributed by atoms with van der Waals surface area (Å²) in [6.07, 6.45) is 0. The average molecular weight is 218 g/mol. The van der Waals surface area contributed by atoms with Gasteiger partial charge in [0.2, 0.25) is 7.55 Å². The molecular weight excluding hydrogens is 207 g/mol. The SMILES string of the molecule is CC[Si](Cl)(CC)NB(Cl)Cl. The molecule has 10 heavy (non-hydrogen) atoms. The van der Waals surface area contributed by atoms with Gasteiger partial charge in [-0.2, -0.15) is 0 Å². The van der Waals surface area contributed by atoms with E-state index in [0.29, 0.717) is 0 Å². The van der Waals surface area contributed by atoms with Crippen molar-refractivity contribution in [3.63, 3.8) is 0 Å². The Hall–Kier alpha value is 1.11. The maximum atomic E-state index is 6.16. The van der Waals surface area contributed by atoms with Gasteiger partial charge in [-0.3, -0.25) is 0 Å². The summed E-state index contributed by atoms with van der Waals surface area (Å²) in [4.78, 5) is 2.99. The molecular formula is C4H11BCl3NSi. The molecule has 0 heterocycles. The minimum Gasteiger partial charge on any atom is -0.338 e. The van der Waals surface area contributed by atoms with Crippen LogP contribution in [0.4, 0.5) is 0 Å². The third kappa shape index (κ3) is 4.09. The topological polar surface area (TPSA) is 12.0 Å². The van der Waals surface area contributed by atoms with Crippen molar-refractivity contribution in [2.75, 3.05) is 0 Å². The summed E-state index contributed by atoms with van der Waals surface area (Å²) in [5.74, 6) is 0. The highest BCUT2D eigenvalue weighted by Gasteiger charge is 2.29. The predicted molar refractivity (Wildman–Crippen MR) is 53.2 cm³/mol. The van der Waals surface area contributed by atoms with E-state index in [9.17, 15) is 0 Å². The van der Waals surface area contributed by atoms with Crippen molar-refractivity contribution in [2.24, 2.45) is 0 Å². The van der Waals surface area contributed by atoms with Crippen molar-refractivity contribution in [3.8, 4) is 0 Å². The molecule has 0 aromatic rings. The smallest absolute Gasteiger partial charge is 0.338 e. The van der Waals surface area contributed by atoms with E-state index < -0.39 is 13.2 Å². The first-order valence-corrected chi connectivity index (χ1v) is 7.58. The van der Waals surface area contributed by atoms with E-state index in [2.05, 4.69) is 4.89 Å². The second-order valence-electron chi connectivity index (χ2n) is 2.12. The zero-order valence-corrected chi connectivity index (χ0v) is 9.39. The first-order chi connectivity index (χ1) is 4.54. The number of halogens is 3. The molecule has 0 aliphatic heterocycles. The van der Waals surface area contributed by atoms with Gasteiger partial charge in [0.25, 0.3) is 0 Å². The molecule has 0 aliphatic rings. The summed E-state index contributed by atoms with van der Waals surface area (Å²) in [6.45, 7) is 4.10. The minimum atomic E-state index is -1.80. The maximum absolute atomic E-state index is 6.16. The van der Waals surface area contributed by atoms with Gasteiger partial charge in [-0.25, -0.2) is 0 Å². The van der Waals surface area contributed by atoms with Crippen LogP contribution in [0.25, 0.3) is 0 Å². The number of rotatable bonds is 4. The molecule has 1 N–H and O–H groups in total. The lowest BCUT2D eigenvalue weighted by atomic mass is 10.4. The van der Waals surface area contributed by atoms with E-state index in [1.807, 2.05) is 13.8 Å². The number of nitrogens with one attached hydrogen (secondary N) is 1. The van der Waals surface area contributed by atoms with E-state index in [1.165, 1.54) is 0 Å². The Kier molecular flexibility index (Phi) is 5.43. The molecule has 0 atom stereocenters. The lowest BCUT2D eigenvalue weighted by Gasteiger charge is -2.21. The van der Waals surface area contributed by atoms with Crippen LogP contribution in [0.15, 0.2) is 0 Å². The standard InChI is InChI=1S/C4H11BCl3NSi/c1-3-10(8,4-2)9-5(6)7/h9H,3-4H2,1-2H3. The molecule has 0 aliphatic carbocycles. The fourth-order valence-corrected chi connectivity index (χ4v) is 3.86. The highest BCUT2D eigenvalue weighted by atomic mass is 35.6. The van der Waals surface area contributed by atoms with E-state index in [4.69, 9.17) is 34.0 Å². The summed E-state index contributed by atoms with van der Waals surface area (Å²) >= 11 is 17.2. The predicted octanol–water partition coefficient (Wildman–Crippen LogP) is 2.76. The van der Waals surface area contributed by atoms with Crippen LogP contribution in [0.5, 0.6) is 0 Å². The normalized spacial score (nSPS) is 11.7. The molecule has 0 amide bonds. The largest absolute Gasteiger partial charge is 0.426 e. The maximum Gasteiger partial charge on any atom is 0.426 e. The van der Waals surface area contributed by atoms with Crippen LogP contribution in [-0.4, -0.2) is 13.2 Å². The van der Waals surface area contributed by atoms with Crippen molar-refractivity contribution >= 4 is 47.2 Å². The van der Waals surface area contributed by atoms with Crippen molar-refractivity contribution in [2.45, 2.75) is 25.9 Å². The molecule has 6 heteroatoms. The molecule has 0 spiro atoms. The van der Waals surface area contributed by atoms with Gasteiger partial charge in [0.15, 0.2) is 0 Å². The van der Waals surface area contributed by atoms with Crippen LogP contribution in [-0.2, 0) is 0 Å². The van der Waals surface area contributed by atoms with E-state index in [1.54, 1.807) is 0 Å². The summed E-state index contributed by atoms with van der Waals surface area (Å²) in [5.41, 5.74) is -0.524. The van der Waals surface area contributed by atoms with Crippen LogP contribution >= 0.6 is 34.0 Å². The minimum absolute atomic E-state index is 0.524. The van der Waals surface area contributed by atoms with Crippen LogP contribution in [0, 0.1) is 0 Å². The Morgan fingerprint density at radius 3 is 1.80 bits per heavy atom. The Bertz CT molecular complexity index is 98.5. The van der Waals surface area contributed by atoms with Crippen molar-refractivity contribution in [1.82, 2.24) is 4.89 Å². The second-order valence-corrected chi connectivity index (χ2v) is 9.02. The molecule has 0 bridgehead atoms. The summed E-state index contributed by atoms with van der Waals surface area (Å²) in [7, 11) is -1.80. The molecule has 60 valence electrons. The lowest BCUT2D eigenvalue weighted by Crippen LogP contribution is -2.48. The van der Waals surface area contributed by atoms with Crippen LogP contribution in [0.1, 0.15) is 13.8 Å². The lowest BCUT2D eigenvalue weighted by molar-refractivity contribution is 1.22. The molecule has 1 nitrogen and oxygen atoms in total. The second kappa shape index (κ2) is 4.88. The van der Waals surface area contributed by atoms with E-state index >= 15 is 0 Å². The first kappa shape index (κ1) is 11.1. The molecule has 0 fully saturated rings. The summed E-state index contributed by atoms with van der Waals surface area (Å²) in [5, 5.41) is 0. The van der Waals surface area contributed by atoms with Gasteiger partial charge < -0.3 is 4.89 Å². The quantitative estimate of drug-likeness (QED) is 0.565. The average Bonchev–Trinajstić information content (AvgIpc) is 1.87. The molecule has 0 unspecified atom stereocenters. The van der Waals surface area contributed by atoms with Crippen molar-refractivity contribution in [3.05, 3.63) is 0 Å². The number of hydrogen-bond acceptors (Lipinski definition) is 1. The van der Waals surface area contributed by atoms with Gasteiger partial charge in [0, 0.05) is 0 Å². The Morgan fingerprint density at radius 2 is 1.70 bits per heavy atom. The Balaban J connectivity index is 3.80. The van der Waals surface area contributed by atoms with Gasteiger partial charge in [-0.15, -0.1) is 34.0 Å². The van der Waals surface area contributed by atoms with Gasteiger partial charge in [-0.1, -0.05) is 13.8 Å². The zero-order chi connectivity index (χ0) is 8.20. The molecule has 0 saturated heterocycles. The van der Waals surface area contributed by atoms with Gasteiger partial charge in [0.05, 0.1) is 0 Å². The van der Waals surface area contributed by atoms with Crippen LogP contribution in [0.3, 0.4) is 0 Å². The number of hydrogen-bond donors (Lipinski definition) is 1. The third-order valence-electron chi connectivity index (χ3n) is 1.49. The fraction of sp³-hybridized carbons (Fsp3) is 1.00. The summed E-state index contributed by atoms with van der Waals surface area (Å²) < 4.78 is 0. The van der Waals surface area contributed by atoms with Crippen LogP contribution in [0.2, 0.25) is 12.1 Å². The zero-order valence-electron chi connectivity index (χ0n) is 6.13. The van der Waals surface area contributed by atoms with Gasteiger partial charge in [0.1, 0.15) is 0 Å². The van der Waals surface area contributed by atoms with E-state index in [0.717, 1.165) is 12.1 Å². The fourth-order valence-electron chi connectivity index (χ4n) is 0.650.